The van der Waals surface area contributed by atoms with Crippen molar-refractivity contribution in [3.05, 3.63) is 68.8 Å². The van der Waals surface area contributed by atoms with Crippen LogP contribution < -0.4 is 19.2 Å². The highest BCUT2D eigenvalue weighted by Crippen LogP contribution is 2.30. The predicted octanol–water partition coefficient (Wildman–Crippen LogP) is 9.43. The van der Waals surface area contributed by atoms with Crippen LogP contribution in [0.3, 0.4) is 0 Å². The number of quaternary nitrogens is 2. The Balaban J connectivity index is 0.000000942. The topological polar surface area (TPSA) is 167 Å². The number of carboxylic acids is 2. The summed E-state index contributed by atoms with van der Waals surface area (Å²) >= 11 is 0. The van der Waals surface area contributed by atoms with Gasteiger partial charge < -0.3 is 19.8 Å². The van der Waals surface area contributed by atoms with Crippen LogP contribution in [0.2, 0.25) is 0 Å². The van der Waals surface area contributed by atoms with Crippen LogP contribution in [0.5, 0.6) is 0 Å². The Hall–Kier alpha value is -3.90. The predicted molar refractivity (Wildman–Crippen MR) is 226 cm³/mol. The Kier molecular flexibility index (Phi) is 29.0. The van der Waals surface area contributed by atoms with Gasteiger partial charge in [-0.1, -0.05) is 106 Å². The molecule has 12 heteroatoms. The zero-order valence-corrected chi connectivity index (χ0v) is 35.6. The molecule has 0 N–H and O–H groups in total. The highest BCUT2D eigenvalue weighted by atomic mass is 16.6. The van der Waals surface area contributed by atoms with Crippen molar-refractivity contribution in [3.63, 3.8) is 0 Å². The average Bonchev–Trinajstić information content (AvgIpc) is 3.20. The van der Waals surface area contributed by atoms with E-state index in [1.807, 2.05) is 24.3 Å². The van der Waals surface area contributed by atoms with Crippen molar-refractivity contribution in [2.45, 2.75) is 157 Å². The molecule has 12 nitrogen and oxygen atoms in total. The number of aliphatic carboxylic acids is 2. The largest absolute Gasteiger partial charge is 0.543 e. The molecule has 0 saturated carbocycles. The van der Waals surface area contributed by atoms with Gasteiger partial charge in [-0.05, 0) is 51.4 Å². The van der Waals surface area contributed by atoms with Crippen molar-refractivity contribution in [1.82, 2.24) is 8.97 Å². The number of nitrogens with zero attached hydrogens (tertiary/aromatic N) is 4. The van der Waals surface area contributed by atoms with Crippen molar-refractivity contribution < 1.29 is 29.6 Å². The molecule has 0 spiro atoms. The van der Waals surface area contributed by atoms with Gasteiger partial charge in [-0.2, -0.15) is 0 Å². The highest BCUT2D eigenvalue weighted by Gasteiger charge is 2.31. The summed E-state index contributed by atoms with van der Waals surface area (Å²) < 4.78 is 1.98. The minimum absolute atomic E-state index is 0.191. The van der Waals surface area contributed by atoms with E-state index < -0.39 is 11.9 Å². The van der Waals surface area contributed by atoms with E-state index in [-0.39, 0.29) is 21.2 Å². The lowest BCUT2D eigenvalue weighted by atomic mass is 10.1. The van der Waals surface area contributed by atoms with E-state index in [0.717, 1.165) is 48.2 Å². The maximum atomic E-state index is 11.0. The summed E-state index contributed by atoms with van der Waals surface area (Å²) in [6.45, 7) is 20.3. The second-order valence-corrected chi connectivity index (χ2v) is 15.0. The summed E-state index contributed by atoms with van der Waals surface area (Å²) in [6.07, 6.45) is 22.5. The maximum absolute atomic E-state index is 11.0. The lowest BCUT2D eigenvalue weighted by molar-refractivity contribution is -0.385. The lowest BCUT2D eigenvalue weighted by Crippen LogP contribution is -2.51. The Morgan fingerprint density at radius 3 is 0.857 bits per heavy atom. The zero-order valence-electron chi connectivity index (χ0n) is 35.6. The Bertz CT molecular complexity index is 1230. The van der Waals surface area contributed by atoms with Crippen LogP contribution in [0.15, 0.2) is 48.5 Å². The summed E-state index contributed by atoms with van der Waals surface area (Å²) in [5.41, 5.74) is 2.89. The van der Waals surface area contributed by atoms with E-state index in [2.05, 4.69) is 41.5 Å². The molecule has 0 aliphatic carbocycles. The molecule has 0 saturated heterocycles. The van der Waals surface area contributed by atoms with E-state index in [1.54, 1.807) is 24.3 Å². The average molecular weight is 787 g/mol. The van der Waals surface area contributed by atoms with Gasteiger partial charge in [-0.25, -0.2) is 0 Å². The van der Waals surface area contributed by atoms with Crippen molar-refractivity contribution in [1.29, 1.82) is 0 Å². The molecule has 0 aliphatic heterocycles. The monoisotopic (exact) mass is 787 g/mol. The van der Waals surface area contributed by atoms with Gasteiger partial charge in [0.15, 0.2) is 0 Å². The molecule has 0 heterocycles. The van der Waals surface area contributed by atoms with Gasteiger partial charge in [0.05, 0.1) is 61.1 Å². The van der Waals surface area contributed by atoms with Crippen LogP contribution in [0.4, 0.5) is 22.7 Å². The molecule has 0 radical (unpaired) electrons. The third-order valence-electron chi connectivity index (χ3n) is 10.5. The molecule has 56 heavy (non-hydrogen) atoms. The smallest absolute Gasteiger partial charge is 0.269 e. The molecule has 0 bridgehead atoms. The van der Waals surface area contributed by atoms with Gasteiger partial charge in [0.25, 0.3) is 11.4 Å². The van der Waals surface area contributed by atoms with Crippen LogP contribution in [0.1, 0.15) is 157 Å². The van der Waals surface area contributed by atoms with Crippen LogP contribution >= 0.6 is 0 Å². The number of nitro benzene ring substituents is 2. The molecule has 2 rings (SSSR count). The lowest BCUT2D eigenvalue weighted by Gasteiger charge is -2.38. The van der Waals surface area contributed by atoms with Gasteiger partial charge >= 0.3 is 0 Å². The van der Waals surface area contributed by atoms with Crippen molar-refractivity contribution in [3.8, 4) is 0 Å². The maximum Gasteiger partial charge on any atom is 0.269 e. The second-order valence-electron chi connectivity index (χ2n) is 15.0. The molecular weight excluding hydrogens is 713 g/mol. The first-order chi connectivity index (χ1) is 26.8. The second kappa shape index (κ2) is 31.2. The molecule has 0 fully saturated rings. The summed E-state index contributed by atoms with van der Waals surface area (Å²) in [6, 6.07) is 14.7. The molecule has 318 valence electrons. The number of benzene rings is 2. The van der Waals surface area contributed by atoms with Crippen LogP contribution in [-0.2, 0) is 9.59 Å². The molecule has 0 unspecified atom stereocenters. The van der Waals surface area contributed by atoms with Gasteiger partial charge in [0, 0.05) is 48.5 Å². The number of hydrogen-bond acceptors (Lipinski definition) is 8. The summed E-state index contributed by atoms with van der Waals surface area (Å²) in [4.78, 5) is 39.2. The number of non-ortho nitro benzene ring substituents is 2. The molecule has 0 aromatic heterocycles. The third-order valence-corrected chi connectivity index (χ3v) is 10.5. The minimum atomic E-state index is -2.19. The van der Waals surface area contributed by atoms with Crippen molar-refractivity contribution in [2.75, 3.05) is 39.3 Å². The van der Waals surface area contributed by atoms with Gasteiger partial charge in [-0.3, -0.25) is 29.2 Å². The summed E-state index contributed by atoms with van der Waals surface area (Å²) in [5.74, 6) is -4.37. The standard InChI is InChI=1S/2C21H37N2O2.C2H2O4/c2*1-4-7-10-11-12-19-23(17-8-5-2,18-9-6-3)21-15-13-20(14-16-21)22(24)25;3-1(4)2(5)6/h2*13-16H,4-12,17-19H2,1-3H3;(H,3,4)(H,5,6)/q2*+1;/p-2. The fraction of sp³-hybridized carbons (Fsp3) is 0.682. The van der Waals surface area contributed by atoms with E-state index in [9.17, 15) is 20.2 Å². The quantitative estimate of drug-likeness (QED) is 0.0270. The Morgan fingerprint density at radius 1 is 0.411 bits per heavy atom. The minimum Gasteiger partial charge on any atom is -0.543 e. The molecule has 0 atom stereocenters. The number of rotatable bonds is 28. The van der Waals surface area contributed by atoms with E-state index >= 15 is 0 Å². The number of nitro groups is 2. The first kappa shape index (κ1) is 52.1. The van der Waals surface area contributed by atoms with Crippen LogP contribution in [0, 0.1) is 20.2 Å². The fourth-order valence-corrected chi connectivity index (χ4v) is 7.11. The van der Waals surface area contributed by atoms with Gasteiger partial charge in [-0.15, -0.1) is 0 Å². The number of hydrogen-bond donors (Lipinski definition) is 0. The van der Waals surface area contributed by atoms with Crippen LogP contribution in [0.25, 0.3) is 0 Å². The number of unbranched alkanes of at least 4 members (excludes halogenated alkanes) is 12. The Labute approximate surface area is 337 Å². The summed E-state index contributed by atoms with van der Waals surface area (Å²) in [7, 11) is 0. The molecular formula is C44H74N4O8. The molecule has 0 aliphatic rings. The summed E-state index contributed by atoms with van der Waals surface area (Å²) in [5, 5.41) is 39.8. The van der Waals surface area contributed by atoms with E-state index in [1.165, 1.54) is 127 Å². The first-order valence-corrected chi connectivity index (χ1v) is 21.5. The van der Waals surface area contributed by atoms with Crippen LogP contribution in [-0.4, -0.2) is 61.1 Å². The third kappa shape index (κ3) is 20.9. The van der Waals surface area contributed by atoms with Crippen molar-refractivity contribution >= 4 is 34.7 Å². The fourth-order valence-electron chi connectivity index (χ4n) is 7.11. The normalized spacial score (nSPS) is 11.2. The number of carbonyl (C=O) groups is 2. The van der Waals surface area contributed by atoms with Gasteiger partial charge in [0.2, 0.25) is 0 Å². The SMILES string of the molecule is CCCCCCC[N+](CCCC)(CCCC)c1ccc([N+](=O)[O-])cc1.CCCCCCC[N+](CCCC)(CCCC)c1ccc([N+](=O)[O-])cc1.O=C([O-])C(=O)[O-]. The number of carbonyl (C=O) groups excluding carboxylic acids is 2. The molecule has 2 aromatic rings. The molecule has 2 aromatic carbocycles. The highest BCUT2D eigenvalue weighted by molar-refractivity contribution is 6.25. The number of carboxylic acid groups (broad SMARTS) is 2. The molecule has 0 amide bonds. The zero-order chi connectivity index (χ0) is 42.2. The van der Waals surface area contributed by atoms with E-state index in [0.29, 0.717) is 0 Å². The van der Waals surface area contributed by atoms with E-state index in [4.69, 9.17) is 19.8 Å². The van der Waals surface area contributed by atoms with Crippen molar-refractivity contribution in [2.24, 2.45) is 0 Å². The Morgan fingerprint density at radius 2 is 0.643 bits per heavy atom. The first-order valence-electron chi connectivity index (χ1n) is 21.5. The van der Waals surface area contributed by atoms with Gasteiger partial charge in [0.1, 0.15) is 11.4 Å².